The third kappa shape index (κ3) is 10.2. The van der Waals surface area contributed by atoms with E-state index in [9.17, 15) is 4.79 Å². The number of nitrogens with one attached hydrogen (secondary N) is 3. The largest absolute Gasteiger partial charge is 0.376 e. The van der Waals surface area contributed by atoms with Gasteiger partial charge in [-0.05, 0) is 25.0 Å². The molecule has 1 amide bonds. The summed E-state index contributed by atoms with van der Waals surface area (Å²) in [7, 11) is 0. The summed E-state index contributed by atoms with van der Waals surface area (Å²) in [5, 5.41) is 14.8. The van der Waals surface area contributed by atoms with Gasteiger partial charge >= 0.3 is 0 Å². The summed E-state index contributed by atoms with van der Waals surface area (Å²) in [4.78, 5) is 13.2. The first kappa shape index (κ1) is 28.3. The van der Waals surface area contributed by atoms with Crippen LogP contribution in [0, 0.1) is 10.8 Å². The van der Waals surface area contributed by atoms with E-state index in [-0.39, 0.29) is 14.7 Å². The van der Waals surface area contributed by atoms with Gasteiger partial charge in [0, 0.05) is 23.7 Å². The monoisotopic (exact) mass is 575 g/mol. The molecule has 0 aromatic heterocycles. The van der Waals surface area contributed by atoms with Crippen LogP contribution < -0.4 is 10.6 Å². The minimum Gasteiger partial charge on any atom is -0.376 e. The summed E-state index contributed by atoms with van der Waals surface area (Å²) in [6.07, 6.45) is 28.6. The molecule has 0 saturated carbocycles. The SMILES string of the molecule is CCCCCCCCCNC(=O)C(N/C=C1/C=CC(C)(C)C=CC1=N)C1=CC=CC(C)(I)C=C1. The van der Waals surface area contributed by atoms with E-state index in [1.54, 1.807) is 6.20 Å². The topological polar surface area (TPSA) is 65.0 Å². The Hall–Kier alpha value is -1.89. The third-order valence-corrected chi connectivity index (χ3v) is 6.80. The highest BCUT2D eigenvalue weighted by Gasteiger charge is 2.23. The molecule has 34 heavy (non-hydrogen) atoms. The van der Waals surface area contributed by atoms with E-state index >= 15 is 0 Å². The van der Waals surface area contributed by atoms with E-state index in [1.165, 1.54) is 32.1 Å². The van der Waals surface area contributed by atoms with Gasteiger partial charge in [-0.15, -0.1) is 0 Å². The summed E-state index contributed by atoms with van der Waals surface area (Å²) < 4.78 is -0.0875. The highest BCUT2D eigenvalue weighted by Crippen LogP contribution is 2.26. The summed E-state index contributed by atoms with van der Waals surface area (Å²) in [5.41, 5.74) is 2.00. The van der Waals surface area contributed by atoms with Crippen LogP contribution in [0.1, 0.15) is 72.6 Å². The molecule has 0 aromatic carbocycles. The molecule has 4 nitrogen and oxygen atoms in total. The van der Waals surface area contributed by atoms with Crippen LogP contribution in [-0.4, -0.2) is 27.6 Å². The van der Waals surface area contributed by atoms with Crippen LogP contribution in [0.2, 0.25) is 0 Å². The lowest BCUT2D eigenvalue weighted by molar-refractivity contribution is -0.122. The van der Waals surface area contributed by atoms with E-state index in [4.69, 9.17) is 5.41 Å². The van der Waals surface area contributed by atoms with Crippen molar-refractivity contribution >= 4 is 34.2 Å². The second-order valence-electron chi connectivity index (χ2n) is 10.0. The number of unbranched alkanes of at least 4 members (excludes halogenated alkanes) is 6. The van der Waals surface area contributed by atoms with Gasteiger partial charge in [-0.3, -0.25) is 4.79 Å². The van der Waals surface area contributed by atoms with Crippen molar-refractivity contribution in [2.45, 2.75) is 82.1 Å². The van der Waals surface area contributed by atoms with E-state index in [1.807, 2.05) is 36.5 Å². The number of hydrogen-bond acceptors (Lipinski definition) is 3. The standard InChI is InChI=1S/C29H42IN3O/c1-5-6-7-8-9-10-11-21-32-27(34)26(23-13-12-17-29(4,30)20-15-23)33-22-24-14-18-28(2,3)19-16-25(24)31/h12-20,22,26,31,33H,5-11,21H2,1-4H3,(H,32,34)/b24-22-,31-25?. The van der Waals surface area contributed by atoms with Crippen LogP contribution in [0.4, 0.5) is 0 Å². The molecule has 0 bridgehead atoms. The lowest BCUT2D eigenvalue weighted by Crippen LogP contribution is -2.43. The van der Waals surface area contributed by atoms with E-state index < -0.39 is 6.04 Å². The van der Waals surface area contributed by atoms with E-state index in [2.05, 4.69) is 79.1 Å². The summed E-state index contributed by atoms with van der Waals surface area (Å²) in [6, 6.07) is -0.523. The zero-order chi connectivity index (χ0) is 25.0. The molecule has 5 heteroatoms. The van der Waals surface area contributed by atoms with Crippen molar-refractivity contribution in [2.75, 3.05) is 6.54 Å². The molecule has 0 radical (unpaired) electrons. The Bertz CT molecular complexity index is 887. The molecule has 0 heterocycles. The molecule has 0 fully saturated rings. The molecule has 2 rings (SSSR count). The molecule has 3 N–H and O–H groups in total. The normalized spacial score (nSPS) is 23.4. The lowest BCUT2D eigenvalue weighted by Gasteiger charge is -2.19. The van der Waals surface area contributed by atoms with Crippen molar-refractivity contribution in [1.82, 2.24) is 10.6 Å². The van der Waals surface area contributed by atoms with Gasteiger partial charge in [-0.1, -0.05) is 130 Å². The van der Waals surface area contributed by atoms with Gasteiger partial charge in [-0.25, -0.2) is 0 Å². The Morgan fingerprint density at radius 3 is 2.41 bits per heavy atom. The molecule has 2 aliphatic carbocycles. The van der Waals surface area contributed by atoms with Crippen LogP contribution in [0.15, 0.2) is 72.0 Å². The zero-order valence-electron chi connectivity index (χ0n) is 21.3. The molecule has 0 spiro atoms. The summed E-state index contributed by atoms with van der Waals surface area (Å²) in [6.45, 7) is 9.27. The van der Waals surface area contributed by atoms with Crippen molar-refractivity contribution in [1.29, 1.82) is 5.41 Å². The molecular formula is C29H42IN3O. The van der Waals surface area contributed by atoms with E-state index in [0.29, 0.717) is 12.3 Å². The fourth-order valence-corrected chi connectivity index (χ4v) is 4.16. The molecule has 186 valence electrons. The fraction of sp³-hybridized carbons (Fsp3) is 0.517. The van der Waals surface area contributed by atoms with Crippen molar-refractivity contribution < 1.29 is 4.79 Å². The van der Waals surface area contributed by atoms with E-state index in [0.717, 1.165) is 24.0 Å². The molecular weight excluding hydrogens is 533 g/mol. The minimum absolute atomic E-state index is 0.0378. The number of carbonyl (C=O) groups is 1. The number of carbonyl (C=O) groups excluding carboxylic acids is 1. The Labute approximate surface area is 220 Å². The molecule has 2 atom stereocenters. The van der Waals surface area contributed by atoms with Gasteiger partial charge < -0.3 is 16.0 Å². The molecule has 0 saturated heterocycles. The maximum atomic E-state index is 13.2. The minimum atomic E-state index is -0.523. The van der Waals surface area contributed by atoms with Gasteiger partial charge in [0.2, 0.25) is 5.91 Å². The van der Waals surface area contributed by atoms with Gasteiger partial charge in [0.05, 0.1) is 9.13 Å². The first-order valence-corrected chi connectivity index (χ1v) is 13.7. The lowest BCUT2D eigenvalue weighted by atomic mass is 9.93. The number of amides is 1. The van der Waals surface area contributed by atoms with Gasteiger partial charge in [0.15, 0.2) is 0 Å². The van der Waals surface area contributed by atoms with Crippen molar-refractivity contribution in [3.63, 3.8) is 0 Å². The van der Waals surface area contributed by atoms with Crippen molar-refractivity contribution in [3.05, 3.63) is 72.0 Å². The Morgan fingerprint density at radius 1 is 1.00 bits per heavy atom. The van der Waals surface area contributed by atoms with Gasteiger partial charge in [0.25, 0.3) is 0 Å². The Kier molecular flexibility index (Phi) is 11.6. The summed E-state index contributed by atoms with van der Waals surface area (Å²) >= 11 is 2.39. The summed E-state index contributed by atoms with van der Waals surface area (Å²) in [5.74, 6) is -0.0378. The Balaban J connectivity index is 2.07. The average molecular weight is 576 g/mol. The first-order valence-electron chi connectivity index (χ1n) is 12.6. The smallest absolute Gasteiger partial charge is 0.247 e. The number of hydrogen-bond donors (Lipinski definition) is 3. The molecule has 2 unspecified atom stereocenters. The molecule has 2 aliphatic rings. The number of halogens is 1. The first-order chi connectivity index (χ1) is 16.1. The zero-order valence-corrected chi connectivity index (χ0v) is 23.5. The van der Waals surface area contributed by atoms with Crippen molar-refractivity contribution in [3.8, 4) is 0 Å². The van der Waals surface area contributed by atoms with Gasteiger partial charge in [0.1, 0.15) is 6.04 Å². The number of rotatable bonds is 12. The van der Waals surface area contributed by atoms with Crippen LogP contribution in [0.25, 0.3) is 0 Å². The molecule has 0 aliphatic heterocycles. The maximum absolute atomic E-state index is 13.2. The van der Waals surface area contributed by atoms with Crippen LogP contribution in [0.5, 0.6) is 0 Å². The molecule has 0 aromatic rings. The average Bonchev–Trinajstić information content (AvgIpc) is 3.04. The van der Waals surface area contributed by atoms with Crippen molar-refractivity contribution in [2.24, 2.45) is 5.41 Å². The highest BCUT2D eigenvalue weighted by atomic mass is 127. The quantitative estimate of drug-likeness (QED) is 0.132. The second-order valence-corrected chi connectivity index (χ2v) is 12.3. The predicted octanol–water partition coefficient (Wildman–Crippen LogP) is 7.11. The number of allylic oxidation sites excluding steroid dienone is 9. The third-order valence-electron chi connectivity index (χ3n) is 6.08. The highest BCUT2D eigenvalue weighted by molar-refractivity contribution is 14.1. The predicted molar refractivity (Wildman–Crippen MR) is 155 cm³/mol. The fourth-order valence-electron chi connectivity index (χ4n) is 3.77. The number of alkyl halides is 1. The van der Waals surface area contributed by atoms with Crippen LogP contribution >= 0.6 is 22.6 Å². The maximum Gasteiger partial charge on any atom is 0.247 e. The Morgan fingerprint density at radius 2 is 1.68 bits per heavy atom. The van der Waals surface area contributed by atoms with Crippen LogP contribution in [-0.2, 0) is 4.79 Å². The second kappa shape index (κ2) is 13.9. The van der Waals surface area contributed by atoms with Crippen LogP contribution in [0.3, 0.4) is 0 Å². The van der Waals surface area contributed by atoms with Gasteiger partial charge in [-0.2, -0.15) is 0 Å².